The van der Waals surface area contributed by atoms with Crippen molar-refractivity contribution in [2.24, 2.45) is 0 Å². The lowest BCUT2D eigenvalue weighted by Crippen LogP contribution is -2.03. The number of alkyl halides is 3. The highest BCUT2D eigenvalue weighted by Gasteiger charge is 2.16. The summed E-state index contributed by atoms with van der Waals surface area (Å²) in [6, 6.07) is 9.20. The minimum Gasteiger partial charge on any atom is -0.435 e. The van der Waals surface area contributed by atoms with Gasteiger partial charge in [0.05, 0.1) is 5.38 Å². The third-order valence-corrected chi connectivity index (χ3v) is 3.32. The van der Waals surface area contributed by atoms with Gasteiger partial charge in [-0.15, -0.1) is 11.6 Å². The molecule has 0 aliphatic carbocycles. The maximum absolute atomic E-state index is 13.5. The van der Waals surface area contributed by atoms with Gasteiger partial charge in [0.25, 0.3) is 0 Å². The first-order valence-corrected chi connectivity index (χ1v) is 6.52. The molecular weight excluding hydrogens is 308 g/mol. The van der Waals surface area contributed by atoms with Crippen molar-refractivity contribution in [3.63, 3.8) is 0 Å². The van der Waals surface area contributed by atoms with Crippen molar-refractivity contribution in [3.8, 4) is 5.75 Å². The fourth-order valence-electron chi connectivity index (χ4n) is 1.88. The summed E-state index contributed by atoms with van der Waals surface area (Å²) < 4.78 is 55.3. The van der Waals surface area contributed by atoms with E-state index in [2.05, 4.69) is 4.74 Å². The van der Waals surface area contributed by atoms with Gasteiger partial charge < -0.3 is 4.74 Å². The van der Waals surface area contributed by atoms with Crippen molar-refractivity contribution in [2.75, 3.05) is 0 Å². The van der Waals surface area contributed by atoms with Gasteiger partial charge in [-0.1, -0.05) is 18.2 Å². The third kappa shape index (κ3) is 4.11. The predicted octanol–water partition coefficient (Wildman–Crippen LogP) is 5.09. The third-order valence-electron chi connectivity index (χ3n) is 2.91. The number of hydrogen-bond acceptors (Lipinski definition) is 1. The van der Waals surface area contributed by atoms with E-state index in [0.717, 1.165) is 12.1 Å². The Morgan fingerprint density at radius 3 is 2.05 bits per heavy atom. The molecule has 0 aliphatic heterocycles. The first-order valence-electron chi connectivity index (χ1n) is 6.09. The van der Waals surface area contributed by atoms with Crippen molar-refractivity contribution in [1.82, 2.24) is 0 Å². The van der Waals surface area contributed by atoms with Crippen LogP contribution in [0.15, 0.2) is 42.5 Å². The van der Waals surface area contributed by atoms with Gasteiger partial charge in [-0.05, 0) is 36.2 Å². The average molecular weight is 319 g/mol. The zero-order valence-corrected chi connectivity index (χ0v) is 11.5. The fraction of sp³-hybridized carbons (Fsp3) is 0.200. The van der Waals surface area contributed by atoms with Gasteiger partial charge in [0, 0.05) is 5.56 Å². The summed E-state index contributed by atoms with van der Waals surface area (Å²) in [5.41, 5.74) is 0.450. The Balaban J connectivity index is 2.11. The van der Waals surface area contributed by atoms with Gasteiger partial charge in [0.15, 0.2) is 0 Å². The van der Waals surface area contributed by atoms with Crippen LogP contribution in [0.2, 0.25) is 0 Å². The quantitative estimate of drug-likeness (QED) is 0.551. The molecule has 0 radical (unpaired) electrons. The number of hydrogen-bond donors (Lipinski definition) is 0. The van der Waals surface area contributed by atoms with Crippen LogP contribution in [0.25, 0.3) is 0 Å². The molecule has 6 heteroatoms. The standard InChI is InChI=1S/C15H11ClF4O/c16-12(8-11-13(17)2-1-3-14(11)18)9-4-6-10(7-5-9)21-15(19)20/h1-7,12,15H,8H2. The maximum atomic E-state index is 13.5. The van der Waals surface area contributed by atoms with Crippen LogP contribution in [-0.4, -0.2) is 6.61 Å². The Morgan fingerprint density at radius 2 is 1.52 bits per heavy atom. The van der Waals surface area contributed by atoms with Crippen molar-refractivity contribution >= 4 is 11.6 Å². The second-order valence-corrected chi connectivity index (χ2v) is 4.85. The largest absolute Gasteiger partial charge is 0.435 e. The molecule has 0 bridgehead atoms. The summed E-state index contributed by atoms with van der Waals surface area (Å²) in [4.78, 5) is 0. The summed E-state index contributed by atoms with van der Waals surface area (Å²) >= 11 is 6.12. The molecule has 2 aromatic rings. The van der Waals surface area contributed by atoms with E-state index >= 15 is 0 Å². The minimum atomic E-state index is -2.91. The molecule has 1 nitrogen and oxygen atoms in total. The highest BCUT2D eigenvalue weighted by Crippen LogP contribution is 2.29. The zero-order valence-electron chi connectivity index (χ0n) is 10.7. The second kappa shape index (κ2) is 6.80. The van der Waals surface area contributed by atoms with Gasteiger partial charge in [-0.25, -0.2) is 8.78 Å². The molecule has 0 amide bonds. The molecule has 0 saturated carbocycles. The number of halogens is 5. The van der Waals surface area contributed by atoms with Crippen LogP contribution in [0.3, 0.4) is 0 Å². The molecule has 2 aromatic carbocycles. The van der Waals surface area contributed by atoms with Gasteiger partial charge in [0.2, 0.25) is 0 Å². The summed E-state index contributed by atoms with van der Waals surface area (Å²) in [5, 5.41) is -0.683. The second-order valence-electron chi connectivity index (χ2n) is 4.32. The van der Waals surface area contributed by atoms with Gasteiger partial charge in [-0.2, -0.15) is 8.78 Å². The van der Waals surface area contributed by atoms with Crippen LogP contribution >= 0.6 is 11.6 Å². The van der Waals surface area contributed by atoms with E-state index in [1.54, 1.807) is 0 Å². The number of rotatable bonds is 5. The van der Waals surface area contributed by atoms with Crippen molar-refractivity contribution in [2.45, 2.75) is 18.4 Å². The van der Waals surface area contributed by atoms with Crippen molar-refractivity contribution in [3.05, 3.63) is 65.2 Å². The van der Waals surface area contributed by atoms with Crippen LogP contribution in [0, 0.1) is 11.6 Å². The van der Waals surface area contributed by atoms with E-state index in [1.165, 1.54) is 30.3 Å². The number of ether oxygens (including phenoxy) is 1. The Morgan fingerprint density at radius 1 is 0.952 bits per heavy atom. The molecule has 0 spiro atoms. The molecule has 0 saturated heterocycles. The molecule has 0 heterocycles. The van der Waals surface area contributed by atoms with E-state index < -0.39 is 23.6 Å². The van der Waals surface area contributed by atoms with Crippen molar-refractivity contribution < 1.29 is 22.3 Å². The Kier molecular flexibility index (Phi) is 5.07. The van der Waals surface area contributed by atoms with E-state index in [1.807, 2.05) is 0 Å². The van der Waals surface area contributed by atoms with E-state index in [4.69, 9.17) is 11.6 Å². The maximum Gasteiger partial charge on any atom is 0.387 e. The normalized spacial score (nSPS) is 12.5. The summed E-state index contributed by atoms with van der Waals surface area (Å²) in [6.07, 6.45) is -0.0465. The van der Waals surface area contributed by atoms with Gasteiger partial charge in [0.1, 0.15) is 17.4 Å². The van der Waals surface area contributed by atoms with Gasteiger partial charge in [-0.3, -0.25) is 0 Å². The van der Waals surface area contributed by atoms with Gasteiger partial charge >= 0.3 is 6.61 Å². The molecule has 2 rings (SSSR count). The molecule has 112 valence electrons. The first-order chi connectivity index (χ1) is 9.97. The SMILES string of the molecule is Fc1cccc(F)c1CC(Cl)c1ccc(OC(F)F)cc1. The Labute approximate surface area is 124 Å². The summed E-state index contributed by atoms with van der Waals surface area (Å²) in [5.74, 6) is -1.34. The molecule has 1 atom stereocenters. The molecule has 1 unspecified atom stereocenters. The van der Waals surface area contributed by atoms with Crippen LogP contribution < -0.4 is 4.74 Å². The number of benzene rings is 2. The molecular formula is C15H11ClF4O. The topological polar surface area (TPSA) is 9.23 Å². The van der Waals surface area contributed by atoms with Crippen LogP contribution in [-0.2, 0) is 6.42 Å². The molecule has 21 heavy (non-hydrogen) atoms. The van der Waals surface area contributed by atoms with E-state index in [0.29, 0.717) is 5.56 Å². The molecule has 0 N–H and O–H groups in total. The van der Waals surface area contributed by atoms with E-state index in [-0.39, 0.29) is 17.7 Å². The molecule has 0 aromatic heterocycles. The summed E-state index contributed by atoms with van der Waals surface area (Å²) in [7, 11) is 0. The summed E-state index contributed by atoms with van der Waals surface area (Å²) in [6.45, 7) is -2.91. The van der Waals surface area contributed by atoms with Crippen LogP contribution in [0.1, 0.15) is 16.5 Å². The lowest BCUT2D eigenvalue weighted by molar-refractivity contribution is -0.0498. The van der Waals surface area contributed by atoms with E-state index in [9.17, 15) is 17.6 Å². The Hall–Kier alpha value is -1.75. The smallest absolute Gasteiger partial charge is 0.387 e. The highest BCUT2D eigenvalue weighted by molar-refractivity contribution is 6.20. The average Bonchev–Trinajstić information content (AvgIpc) is 2.43. The lowest BCUT2D eigenvalue weighted by Gasteiger charge is -2.12. The molecule has 0 fully saturated rings. The van der Waals surface area contributed by atoms with Crippen molar-refractivity contribution in [1.29, 1.82) is 0 Å². The highest BCUT2D eigenvalue weighted by atomic mass is 35.5. The lowest BCUT2D eigenvalue weighted by atomic mass is 10.0. The zero-order chi connectivity index (χ0) is 15.4. The molecule has 0 aliphatic rings. The Bertz CT molecular complexity index is 581. The van der Waals surface area contributed by atoms with Crippen LogP contribution in [0.5, 0.6) is 5.75 Å². The predicted molar refractivity (Wildman–Crippen MR) is 71.7 cm³/mol. The monoisotopic (exact) mass is 318 g/mol. The fourth-order valence-corrected chi connectivity index (χ4v) is 2.18. The van der Waals surface area contributed by atoms with Crippen LogP contribution in [0.4, 0.5) is 17.6 Å². The minimum absolute atomic E-state index is 0.00492. The first kappa shape index (κ1) is 15.6.